The van der Waals surface area contributed by atoms with E-state index in [1.807, 2.05) is 18.2 Å². The summed E-state index contributed by atoms with van der Waals surface area (Å²) < 4.78 is 49.2. The van der Waals surface area contributed by atoms with Gasteiger partial charge in [0, 0.05) is 89.2 Å². The van der Waals surface area contributed by atoms with E-state index in [1.54, 1.807) is 153 Å². The van der Waals surface area contributed by atoms with Gasteiger partial charge in [-0.1, -0.05) is 53.0 Å². The molecule has 3 heterocycles. The average molecular weight is 1500 g/mol. The zero-order chi connectivity index (χ0) is 76.4. The number of carbonyl (C=O) groups is 9. The summed E-state index contributed by atoms with van der Waals surface area (Å²) in [5.74, 6) is -0.139. The molecule has 3 aliphatic heterocycles. The van der Waals surface area contributed by atoms with Crippen LogP contribution in [0.2, 0.25) is 15.1 Å². The van der Waals surface area contributed by atoms with Gasteiger partial charge >= 0.3 is 36.2 Å². The summed E-state index contributed by atoms with van der Waals surface area (Å²) in [4.78, 5) is 112. The molecule has 554 valence electrons. The molecule has 0 radical (unpaired) electrons. The molecule has 5 amide bonds. The zero-order valence-electron chi connectivity index (χ0n) is 60.3. The number of ether oxygens (including phenoxy) is 9. The second-order valence-corrected chi connectivity index (χ2v) is 28.5. The molecule has 0 saturated heterocycles. The van der Waals surface area contributed by atoms with Crippen LogP contribution in [-0.4, -0.2) is 126 Å². The number of nitrogens with two attached hydrogens (primary N) is 1. The third-order valence-electron chi connectivity index (χ3n) is 15.2. The molecule has 103 heavy (non-hydrogen) atoms. The predicted molar refractivity (Wildman–Crippen MR) is 390 cm³/mol. The number of fused-ring (bicyclic) bond motifs is 3. The smallest absolute Gasteiger partial charge is 0.411 e. The molecule has 6 aromatic carbocycles. The molecule has 0 aromatic heterocycles. The van der Waals surface area contributed by atoms with E-state index in [2.05, 4.69) is 22.2 Å². The highest BCUT2D eigenvalue weighted by Gasteiger charge is 2.42. The van der Waals surface area contributed by atoms with Crippen molar-refractivity contribution in [2.24, 2.45) is 0 Å². The lowest BCUT2D eigenvalue weighted by atomic mass is 9.92. The standard InChI is InChI=1S/2C25H29ClN2O6.C23H27ClN2O5.C2H3ClO/c2*1-15(29)27-18-6-9-21(26)17(12-18)14-33-19-7-8-20-16(13-19)10-11-28(22(20)23(30)32-5)24(31)34-25(2,3)4;1-23(2,3)31-22(28)26-10-9-14-12-17(6-7-18(14)20(26)21(27)29-4)30-13-15-11-16(25)5-8-19(15)24;1-2(3)4/h2*6-9,12-13,22H,10-11,14H2,1-5H3,(H,27,29);5-8,11-12,20H,9-10,13,25H2,1-4H3;1H3/t2*22-;20-;/m111./s1. The van der Waals surface area contributed by atoms with Crippen LogP contribution in [0.5, 0.6) is 17.2 Å². The number of nitrogens with one attached hydrogen (secondary N) is 2. The Morgan fingerprint density at radius 2 is 0.699 bits per heavy atom. The van der Waals surface area contributed by atoms with E-state index in [0.29, 0.717) is 116 Å². The fourth-order valence-electron chi connectivity index (χ4n) is 10.8. The van der Waals surface area contributed by atoms with E-state index in [9.17, 15) is 43.2 Å². The Labute approximate surface area is 619 Å². The van der Waals surface area contributed by atoms with Gasteiger partial charge in [0.25, 0.3) is 0 Å². The monoisotopic (exact) mass is 1500 g/mol. The number of methoxy groups -OCH3 is 3. The number of hydrogen-bond acceptors (Lipinski definition) is 19. The van der Waals surface area contributed by atoms with Crippen LogP contribution in [0.3, 0.4) is 0 Å². The maximum atomic E-state index is 12.7. The third-order valence-corrected chi connectivity index (χ3v) is 16.3. The molecule has 0 aliphatic carbocycles. The van der Waals surface area contributed by atoms with Crippen molar-refractivity contribution in [1.29, 1.82) is 0 Å². The molecule has 0 spiro atoms. The maximum absolute atomic E-state index is 12.7. The minimum atomic E-state index is -0.901. The van der Waals surface area contributed by atoms with Gasteiger partial charge in [0.1, 0.15) is 53.9 Å². The van der Waals surface area contributed by atoms with Gasteiger partial charge in [0.15, 0.2) is 18.1 Å². The summed E-state index contributed by atoms with van der Waals surface area (Å²) in [5, 5.41) is 6.69. The molecule has 0 saturated carbocycles. The Kier molecular flexibility index (Phi) is 29.3. The van der Waals surface area contributed by atoms with Crippen LogP contribution in [0.1, 0.15) is 151 Å². The number of carbonyl (C=O) groups excluding carboxylic acids is 9. The Bertz CT molecular complexity index is 3920. The number of amides is 5. The van der Waals surface area contributed by atoms with Crippen LogP contribution in [-0.2, 0) is 96.3 Å². The molecule has 6 aromatic rings. The number of halogens is 4. The third kappa shape index (κ3) is 24.6. The first-order valence-corrected chi connectivity index (χ1v) is 34.1. The molecule has 3 atom stereocenters. The van der Waals surface area contributed by atoms with E-state index < -0.39 is 71.1 Å². The molecule has 0 fully saturated rings. The first kappa shape index (κ1) is 82.5. The number of anilines is 3. The van der Waals surface area contributed by atoms with Crippen molar-refractivity contribution in [1.82, 2.24) is 14.7 Å². The Morgan fingerprint density at radius 1 is 0.427 bits per heavy atom. The molecule has 0 bridgehead atoms. The molecule has 28 heteroatoms. The van der Waals surface area contributed by atoms with Crippen LogP contribution >= 0.6 is 46.4 Å². The summed E-state index contributed by atoms with van der Waals surface area (Å²) in [6.45, 7) is 21.7. The van der Waals surface area contributed by atoms with Crippen molar-refractivity contribution in [2.45, 2.75) is 157 Å². The molecule has 9 rings (SSSR count). The van der Waals surface area contributed by atoms with Crippen LogP contribution in [0.25, 0.3) is 0 Å². The Morgan fingerprint density at radius 3 is 0.961 bits per heavy atom. The van der Waals surface area contributed by atoms with Gasteiger partial charge in [-0.25, -0.2) is 28.8 Å². The van der Waals surface area contributed by atoms with E-state index in [0.717, 1.165) is 22.3 Å². The first-order chi connectivity index (χ1) is 48.3. The predicted octanol–water partition coefficient (Wildman–Crippen LogP) is 15.0. The van der Waals surface area contributed by atoms with Gasteiger partial charge in [-0.3, -0.25) is 29.1 Å². The second kappa shape index (κ2) is 36.6. The molecule has 24 nitrogen and oxygen atoms in total. The average Bonchev–Trinajstić information content (AvgIpc) is 0.788. The van der Waals surface area contributed by atoms with Gasteiger partial charge in [-0.2, -0.15) is 0 Å². The van der Waals surface area contributed by atoms with Crippen molar-refractivity contribution in [3.63, 3.8) is 0 Å². The molecular formula is C75H88Cl4N6O18. The van der Waals surface area contributed by atoms with E-state index in [1.165, 1.54) is 56.8 Å². The van der Waals surface area contributed by atoms with Gasteiger partial charge in [0.05, 0.1) is 21.3 Å². The Balaban J connectivity index is 0.000000236. The van der Waals surface area contributed by atoms with Gasteiger partial charge in [0.2, 0.25) is 17.1 Å². The van der Waals surface area contributed by atoms with E-state index in [4.69, 9.17) is 83.2 Å². The largest absolute Gasteiger partial charge is 0.489 e. The molecule has 0 unspecified atom stereocenters. The summed E-state index contributed by atoms with van der Waals surface area (Å²) in [6, 6.07) is 29.0. The lowest BCUT2D eigenvalue weighted by Crippen LogP contribution is -2.46. The lowest BCUT2D eigenvalue weighted by molar-refractivity contribution is -0.148. The van der Waals surface area contributed by atoms with Crippen LogP contribution in [0.4, 0.5) is 31.4 Å². The van der Waals surface area contributed by atoms with Crippen molar-refractivity contribution < 1.29 is 85.8 Å². The fourth-order valence-corrected chi connectivity index (χ4v) is 11.4. The number of esters is 3. The van der Waals surface area contributed by atoms with Crippen molar-refractivity contribution in [2.75, 3.05) is 57.3 Å². The van der Waals surface area contributed by atoms with E-state index in [-0.39, 0.29) is 36.9 Å². The van der Waals surface area contributed by atoms with Crippen LogP contribution in [0, 0.1) is 0 Å². The number of benzene rings is 6. The molecular weight excluding hydrogens is 1410 g/mol. The normalized spacial score (nSPS) is 15.1. The highest BCUT2D eigenvalue weighted by atomic mass is 35.5. The lowest BCUT2D eigenvalue weighted by Gasteiger charge is -2.36. The fraction of sp³-hybridized carbons (Fsp3) is 0.400. The quantitative estimate of drug-likeness (QED) is 0.0395. The van der Waals surface area contributed by atoms with Crippen LogP contribution < -0.4 is 30.6 Å². The van der Waals surface area contributed by atoms with Gasteiger partial charge in [-0.15, -0.1) is 0 Å². The maximum Gasteiger partial charge on any atom is 0.411 e. The summed E-state index contributed by atoms with van der Waals surface area (Å²) in [5.41, 5.74) is 12.6. The highest BCUT2D eigenvalue weighted by Crippen LogP contribution is 2.39. The van der Waals surface area contributed by atoms with Crippen molar-refractivity contribution in [3.05, 3.63) is 174 Å². The van der Waals surface area contributed by atoms with E-state index >= 15 is 0 Å². The number of hydrogen-bond donors (Lipinski definition) is 3. The number of rotatable bonds is 14. The highest BCUT2D eigenvalue weighted by molar-refractivity contribution is 6.62. The Hall–Kier alpha value is -9.49. The zero-order valence-corrected chi connectivity index (χ0v) is 63.3. The minimum Gasteiger partial charge on any atom is -0.489 e. The number of nitrogen functional groups attached to an aromatic ring is 1. The second-order valence-electron chi connectivity index (χ2n) is 26.8. The minimum absolute atomic E-state index is 0.176. The summed E-state index contributed by atoms with van der Waals surface area (Å²) >= 11 is 23.4. The molecule has 4 N–H and O–H groups in total. The van der Waals surface area contributed by atoms with Crippen molar-refractivity contribution in [3.8, 4) is 17.2 Å². The van der Waals surface area contributed by atoms with Gasteiger partial charge < -0.3 is 59.0 Å². The van der Waals surface area contributed by atoms with Gasteiger partial charge in [-0.05, 0) is 218 Å². The SMILES string of the molecule is CC(=O)Cl.COC(=O)[C@H]1c2ccc(OCc3cc(N)ccc3Cl)cc2CCN1C(=O)OC(C)(C)C.COC(=O)[C@H]1c2ccc(OCc3cc(NC(C)=O)ccc3Cl)cc2CCN1C(=O)OC(C)(C)C.COC(=O)[C@H]1c2ccc(OCc3cc(NC(C)=O)ccc3Cl)cc2CCN1C(=O)OC(C)(C)C. The topological polar surface area (TPSA) is 296 Å². The summed E-state index contributed by atoms with van der Waals surface area (Å²) in [6.07, 6.45) is -0.0793. The number of nitrogens with zero attached hydrogens (tertiary/aromatic N) is 3. The summed E-state index contributed by atoms with van der Waals surface area (Å²) in [7, 11) is 3.89. The van der Waals surface area contributed by atoms with Crippen molar-refractivity contribution >= 4 is 117 Å². The van der Waals surface area contributed by atoms with Crippen LogP contribution in [0.15, 0.2) is 109 Å². The first-order valence-electron chi connectivity index (χ1n) is 32.6. The molecule has 3 aliphatic rings.